The van der Waals surface area contributed by atoms with Gasteiger partial charge in [-0.15, -0.1) is 0 Å². The summed E-state index contributed by atoms with van der Waals surface area (Å²) in [5, 5.41) is 0. The first kappa shape index (κ1) is 52.0. The Kier molecular flexibility index (Phi) is 18.0. The third kappa shape index (κ3) is 11.8. The summed E-state index contributed by atoms with van der Waals surface area (Å²) in [5.74, 6) is 0.379. The van der Waals surface area contributed by atoms with E-state index in [9.17, 15) is 23.7 Å². The van der Waals surface area contributed by atoms with E-state index in [0.717, 1.165) is 33.4 Å². The molecule has 0 aliphatic rings. The zero-order valence-electron chi connectivity index (χ0n) is 39.4. The second-order valence-electron chi connectivity index (χ2n) is 17.2. The Hall–Kier alpha value is -5.36. The lowest BCUT2D eigenvalue weighted by Crippen LogP contribution is -2.21. The van der Waals surface area contributed by atoms with E-state index < -0.39 is 18.2 Å². The van der Waals surface area contributed by atoms with Crippen LogP contribution in [0.1, 0.15) is 120 Å². The number of carbonyl (C=O) groups is 4. The van der Waals surface area contributed by atoms with Gasteiger partial charge in [0.1, 0.15) is 34.1 Å². The lowest BCUT2D eigenvalue weighted by atomic mass is 9.86. The molecule has 63 heavy (non-hydrogen) atoms. The van der Waals surface area contributed by atoms with Crippen LogP contribution in [0.2, 0.25) is 0 Å². The number of ether oxygens (including phenoxy) is 4. The van der Waals surface area contributed by atoms with Crippen LogP contribution in [0.15, 0.2) is 84.9 Å². The van der Waals surface area contributed by atoms with Crippen molar-refractivity contribution in [3.63, 3.8) is 0 Å². The smallest absolute Gasteiger partial charge is 0.236 e. The number of carbonyl (C=O) groups excluding carboxylic acids is 4. The summed E-state index contributed by atoms with van der Waals surface area (Å²) >= 11 is 0. The maximum atomic E-state index is 14.7. The van der Waals surface area contributed by atoms with Gasteiger partial charge < -0.3 is 23.5 Å². The van der Waals surface area contributed by atoms with E-state index in [1.807, 2.05) is 84.9 Å². The average Bonchev–Trinajstić information content (AvgIpc) is 3.20. The minimum Gasteiger partial charge on any atom is -0.496 e. The zero-order valence-corrected chi connectivity index (χ0v) is 41.7. The van der Waals surface area contributed by atoms with Gasteiger partial charge in [0, 0.05) is 28.4 Å². The molecule has 0 radical (unpaired) electrons. The van der Waals surface area contributed by atoms with Gasteiger partial charge in [-0.2, -0.15) is 9.90 Å². The molecule has 0 aromatic heterocycles. The van der Waals surface area contributed by atoms with Crippen LogP contribution >= 0.6 is 17.0 Å². The van der Waals surface area contributed by atoms with Crippen LogP contribution in [0, 0.1) is 52.9 Å². The molecule has 0 spiro atoms. The molecule has 5 aromatic rings. The van der Waals surface area contributed by atoms with E-state index in [2.05, 4.69) is 20.8 Å². The van der Waals surface area contributed by atoms with Gasteiger partial charge in [0.15, 0.2) is 11.6 Å². The monoisotopic (exact) mass is 894 g/mol. The highest BCUT2D eigenvalue weighted by molar-refractivity contribution is 7.95. The van der Waals surface area contributed by atoms with E-state index in [1.54, 1.807) is 48.5 Å². The van der Waals surface area contributed by atoms with Gasteiger partial charge in [0.2, 0.25) is 18.2 Å². The standard InChI is InChI=1S/C26H35O7P.C26H26O2.H3P/c1-17(15-26(2,3)4)16-34(29,24(27)22-18(30-5)11-9-12-19(22)31-6)25(28)23-20(32-7)13-10-14-21(23)33-8;1-15-11-17(3)23(18(4)12-15)25(27)21-9-7-8-10-22(21)26(28)24-19(5)13-16(2)14-20(24)6;/h9-14,17H,15-16H2,1-8H3;7-14H,1-6H3;1H3. The molecule has 0 saturated carbocycles. The lowest BCUT2D eigenvalue weighted by Gasteiger charge is -2.27. The molecule has 0 fully saturated rings. The predicted octanol–water partition coefficient (Wildman–Crippen LogP) is 12.2. The zero-order chi connectivity index (χ0) is 46.3. The Balaban J connectivity index is 0.000000335. The van der Waals surface area contributed by atoms with Gasteiger partial charge in [-0.3, -0.25) is 19.2 Å². The second kappa shape index (κ2) is 21.8. The van der Waals surface area contributed by atoms with E-state index >= 15 is 0 Å². The number of hydrogen-bond donors (Lipinski definition) is 0. The molecule has 0 saturated heterocycles. The minimum absolute atomic E-state index is 0. The summed E-state index contributed by atoms with van der Waals surface area (Å²) in [7, 11) is 1.38. The molecular formula is C52H64O9P2. The summed E-state index contributed by atoms with van der Waals surface area (Å²) in [4.78, 5) is 54.9. The molecule has 0 N–H and O–H groups in total. The molecule has 2 atom stereocenters. The van der Waals surface area contributed by atoms with Gasteiger partial charge >= 0.3 is 0 Å². The molecule has 5 aromatic carbocycles. The van der Waals surface area contributed by atoms with Gasteiger partial charge in [0.05, 0.1) is 28.4 Å². The van der Waals surface area contributed by atoms with E-state index in [1.165, 1.54) is 28.4 Å². The maximum Gasteiger partial charge on any atom is 0.236 e. The van der Waals surface area contributed by atoms with Crippen LogP contribution in [-0.2, 0) is 4.57 Å². The van der Waals surface area contributed by atoms with E-state index in [4.69, 9.17) is 18.9 Å². The van der Waals surface area contributed by atoms with Crippen molar-refractivity contribution in [2.24, 2.45) is 11.3 Å². The first-order valence-electron chi connectivity index (χ1n) is 20.6. The van der Waals surface area contributed by atoms with E-state index in [-0.39, 0.29) is 73.1 Å². The number of benzene rings is 5. The number of rotatable bonds is 15. The SMILES string of the molecule is COc1cccc(OC)c1C(=O)P(=O)(CC(C)CC(C)(C)C)C(=O)c1c(OC)cccc1OC.Cc1cc(C)c(C(=O)c2ccccc2C(=O)c2c(C)cc(C)cc2C)c(C)c1.P. The topological polar surface area (TPSA) is 122 Å². The highest BCUT2D eigenvalue weighted by Gasteiger charge is 2.46. The maximum absolute atomic E-state index is 14.7. The van der Waals surface area contributed by atoms with Crippen LogP contribution in [0.3, 0.4) is 0 Å². The summed E-state index contributed by atoms with van der Waals surface area (Å²) < 4.78 is 36.2. The fraction of sp³-hybridized carbons (Fsp3) is 0.346. The Morgan fingerprint density at radius 1 is 0.524 bits per heavy atom. The Morgan fingerprint density at radius 2 is 0.825 bits per heavy atom. The van der Waals surface area contributed by atoms with Gasteiger partial charge in [-0.05, 0) is 106 Å². The molecule has 9 nitrogen and oxygen atoms in total. The quantitative estimate of drug-likeness (QED) is 0.0746. The molecule has 0 heterocycles. The first-order valence-corrected chi connectivity index (χ1v) is 22.5. The normalized spacial score (nSPS) is 11.6. The molecular weight excluding hydrogens is 831 g/mol. The number of methoxy groups -OCH3 is 4. The Morgan fingerprint density at radius 3 is 1.10 bits per heavy atom. The molecule has 11 heteroatoms. The van der Waals surface area contributed by atoms with Crippen molar-refractivity contribution in [1.82, 2.24) is 0 Å². The van der Waals surface area contributed by atoms with Crippen molar-refractivity contribution >= 4 is 39.7 Å². The van der Waals surface area contributed by atoms with E-state index in [0.29, 0.717) is 28.7 Å². The van der Waals surface area contributed by atoms with Crippen molar-refractivity contribution < 1.29 is 42.7 Å². The molecule has 0 aliphatic carbocycles. The van der Waals surface area contributed by atoms with Crippen LogP contribution in [0.4, 0.5) is 0 Å². The van der Waals surface area contributed by atoms with Crippen molar-refractivity contribution in [3.05, 3.63) is 152 Å². The molecule has 5 rings (SSSR count). The van der Waals surface area contributed by atoms with Gasteiger partial charge in [0.25, 0.3) is 0 Å². The van der Waals surface area contributed by atoms with Crippen molar-refractivity contribution in [1.29, 1.82) is 0 Å². The van der Waals surface area contributed by atoms with Crippen LogP contribution in [0.25, 0.3) is 0 Å². The average molecular weight is 895 g/mol. The summed E-state index contributed by atoms with van der Waals surface area (Å²) in [6.45, 7) is 19.9. The second-order valence-corrected chi connectivity index (χ2v) is 19.9. The minimum atomic E-state index is -4.25. The van der Waals surface area contributed by atoms with Crippen LogP contribution in [0.5, 0.6) is 23.0 Å². The largest absolute Gasteiger partial charge is 0.496 e. The summed E-state index contributed by atoms with van der Waals surface area (Å²) in [5.41, 5.74) is 6.57. The van der Waals surface area contributed by atoms with Crippen LogP contribution in [-0.4, -0.2) is 57.2 Å². The van der Waals surface area contributed by atoms with Crippen molar-refractivity contribution in [2.45, 2.75) is 75.7 Å². The fourth-order valence-corrected chi connectivity index (χ4v) is 11.2. The van der Waals surface area contributed by atoms with Crippen molar-refractivity contribution in [3.8, 4) is 23.0 Å². The molecule has 0 bridgehead atoms. The highest BCUT2D eigenvalue weighted by atomic mass is 31.2. The number of ketones is 2. The molecule has 0 amide bonds. The predicted molar refractivity (Wildman–Crippen MR) is 259 cm³/mol. The Bertz CT molecular complexity index is 2300. The first-order chi connectivity index (χ1) is 29.1. The third-order valence-corrected chi connectivity index (χ3v) is 13.6. The fourth-order valence-electron chi connectivity index (χ4n) is 8.52. The lowest BCUT2D eigenvalue weighted by molar-refractivity contribution is 0.100. The third-order valence-electron chi connectivity index (χ3n) is 10.7. The Labute approximate surface area is 377 Å². The highest BCUT2D eigenvalue weighted by Crippen LogP contribution is 2.58. The summed E-state index contributed by atoms with van der Waals surface area (Å²) in [6, 6.07) is 24.8. The van der Waals surface area contributed by atoms with Gasteiger partial charge in [-0.25, -0.2) is 0 Å². The van der Waals surface area contributed by atoms with Gasteiger partial charge in [-0.1, -0.05) is 99.5 Å². The van der Waals surface area contributed by atoms with Crippen LogP contribution < -0.4 is 18.9 Å². The molecule has 2 unspecified atom stereocenters. The summed E-state index contributed by atoms with van der Waals surface area (Å²) in [6.07, 6.45) is 0.564. The molecule has 336 valence electrons. The number of hydrogen-bond acceptors (Lipinski definition) is 9. The number of aryl methyl sites for hydroxylation is 6. The molecule has 0 aliphatic heterocycles. The van der Waals surface area contributed by atoms with Crippen molar-refractivity contribution in [2.75, 3.05) is 34.6 Å².